The molecule has 1 N–H and O–H groups in total. The van der Waals surface area contributed by atoms with E-state index in [9.17, 15) is 13.9 Å². The second-order valence-electron chi connectivity index (χ2n) is 8.14. The lowest BCUT2D eigenvalue weighted by Crippen LogP contribution is -2.22. The number of aliphatic hydroxyl groups is 1. The molecule has 0 saturated carbocycles. The predicted octanol–water partition coefficient (Wildman–Crippen LogP) is 4.74. The Balaban J connectivity index is 1.56. The van der Waals surface area contributed by atoms with Crippen molar-refractivity contribution in [2.45, 2.75) is 13.5 Å². The summed E-state index contributed by atoms with van der Waals surface area (Å²) in [5.74, 6) is -0.372. The van der Waals surface area contributed by atoms with Crippen LogP contribution in [0.1, 0.15) is 12.5 Å². The first-order valence-corrected chi connectivity index (χ1v) is 11.8. The van der Waals surface area contributed by atoms with Gasteiger partial charge in [0.1, 0.15) is 28.9 Å². The number of hydrogen-bond donors (Lipinski definition) is 1. The van der Waals surface area contributed by atoms with Crippen molar-refractivity contribution in [3.63, 3.8) is 0 Å². The number of anilines is 2. The van der Waals surface area contributed by atoms with Gasteiger partial charge in [0.05, 0.1) is 25.3 Å². The highest BCUT2D eigenvalue weighted by atomic mass is 19.1. The van der Waals surface area contributed by atoms with Crippen molar-refractivity contribution >= 4 is 22.4 Å². The number of halogens is 2. The van der Waals surface area contributed by atoms with Crippen molar-refractivity contribution in [1.29, 1.82) is 0 Å². The van der Waals surface area contributed by atoms with Crippen LogP contribution in [-0.2, 0) is 6.54 Å². The molecule has 0 aliphatic heterocycles. The molecule has 0 bridgehead atoms. The number of pyridine rings is 1. The lowest BCUT2D eigenvalue weighted by Gasteiger charge is -2.22. The molecule has 5 aromatic rings. The van der Waals surface area contributed by atoms with Crippen LogP contribution in [0.2, 0.25) is 0 Å². The molecule has 0 aliphatic rings. The molecule has 0 amide bonds. The molecule has 0 fully saturated rings. The summed E-state index contributed by atoms with van der Waals surface area (Å²) in [5, 5.41) is 15.0. The van der Waals surface area contributed by atoms with Crippen molar-refractivity contribution < 1.29 is 18.6 Å². The number of fused-ring (bicyclic) bond motifs is 1. The number of rotatable bonds is 9. The zero-order valence-electron chi connectivity index (χ0n) is 20.1. The first-order valence-electron chi connectivity index (χ1n) is 11.8. The van der Waals surface area contributed by atoms with E-state index >= 15 is 0 Å². The van der Waals surface area contributed by atoms with E-state index in [-0.39, 0.29) is 24.5 Å². The van der Waals surface area contributed by atoms with E-state index in [1.165, 1.54) is 16.8 Å². The maximum atomic E-state index is 14.8. The third-order valence-electron chi connectivity index (χ3n) is 5.82. The third-order valence-corrected chi connectivity index (χ3v) is 5.82. The van der Waals surface area contributed by atoms with Crippen molar-refractivity contribution in [3.8, 4) is 17.3 Å². The highest BCUT2D eigenvalue weighted by Gasteiger charge is 2.20. The van der Waals surface area contributed by atoms with Crippen LogP contribution in [0, 0.1) is 11.6 Å². The van der Waals surface area contributed by atoms with Gasteiger partial charge in [-0.05, 0) is 31.2 Å². The SMILES string of the molecule is CCOc1cc(F)c(Cn2nc(-c3nccc(N(CCO)c4ccncc4)n3)c3ccccc32)c(F)c1. The predicted molar refractivity (Wildman–Crippen MR) is 136 cm³/mol. The highest BCUT2D eigenvalue weighted by molar-refractivity contribution is 5.91. The molecule has 5 rings (SSSR count). The molecule has 0 saturated heterocycles. The standard InChI is InChI=1S/C27H24F2N6O2/c1-2-37-19-15-22(28)21(23(29)16-19)17-35-24-6-4-3-5-20(24)26(33-35)27-31-12-9-25(32-27)34(13-14-36)18-7-10-30-11-8-18/h3-12,15-16,36H,2,13-14,17H2,1H3. The molecule has 0 radical (unpaired) electrons. The Kier molecular flexibility index (Phi) is 7.00. The van der Waals surface area contributed by atoms with E-state index < -0.39 is 11.6 Å². The Bertz CT molecular complexity index is 1500. The first kappa shape index (κ1) is 24.3. The van der Waals surface area contributed by atoms with E-state index in [2.05, 4.69) is 15.1 Å². The summed E-state index contributed by atoms with van der Waals surface area (Å²) in [7, 11) is 0. The molecule has 0 atom stereocenters. The molecular formula is C27H24F2N6O2. The fourth-order valence-corrected chi connectivity index (χ4v) is 4.16. The zero-order chi connectivity index (χ0) is 25.8. The van der Waals surface area contributed by atoms with E-state index in [1.807, 2.05) is 41.3 Å². The number of benzene rings is 2. The molecule has 0 spiro atoms. The lowest BCUT2D eigenvalue weighted by atomic mass is 10.1. The quantitative estimate of drug-likeness (QED) is 0.311. The van der Waals surface area contributed by atoms with Gasteiger partial charge >= 0.3 is 0 Å². The summed E-state index contributed by atoms with van der Waals surface area (Å²) in [6.07, 6.45) is 4.94. The van der Waals surface area contributed by atoms with Crippen LogP contribution < -0.4 is 9.64 Å². The molecule has 3 aromatic heterocycles. The van der Waals surface area contributed by atoms with Crippen LogP contribution in [0.15, 0.2) is 73.2 Å². The van der Waals surface area contributed by atoms with Gasteiger partial charge in [-0.25, -0.2) is 18.7 Å². The van der Waals surface area contributed by atoms with Gasteiger partial charge in [-0.3, -0.25) is 9.67 Å². The normalized spacial score (nSPS) is 11.1. The summed E-state index contributed by atoms with van der Waals surface area (Å²) in [6, 6.07) is 15.1. The van der Waals surface area contributed by atoms with Crippen LogP contribution in [0.25, 0.3) is 22.4 Å². The first-order chi connectivity index (χ1) is 18.1. The minimum atomic E-state index is -0.708. The monoisotopic (exact) mass is 502 g/mol. The van der Waals surface area contributed by atoms with E-state index in [1.54, 1.807) is 31.6 Å². The molecular weight excluding hydrogens is 478 g/mol. The Labute approximate surface area is 211 Å². The van der Waals surface area contributed by atoms with Gasteiger partial charge in [0, 0.05) is 53.9 Å². The van der Waals surface area contributed by atoms with Gasteiger partial charge in [0.25, 0.3) is 0 Å². The number of hydrogen-bond acceptors (Lipinski definition) is 7. The summed E-state index contributed by atoms with van der Waals surface area (Å²) in [4.78, 5) is 15.0. The average molecular weight is 503 g/mol. The van der Waals surface area contributed by atoms with Crippen LogP contribution in [-0.4, -0.2) is 49.6 Å². The van der Waals surface area contributed by atoms with Crippen molar-refractivity contribution in [2.75, 3.05) is 24.7 Å². The summed E-state index contributed by atoms with van der Waals surface area (Å²) >= 11 is 0. The minimum Gasteiger partial charge on any atom is -0.494 e. The molecule has 8 nitrogen and oxygen atoms in total. The number of nitrogens with zero attached hydrogens (tertiary/aromatic N) is 6. The Morgan fingerprint density at radius 1 is 1.00 bits per heavy atom. The topological polar surface area (TPSA) is 89.2 Å². The molecule has 2 aromatic carbocycles. The highest BCUT2D eigenvalue weighted by Crippen LogP contribution is 2.30. The lowest BCUT2D eigenvalue weighted by molar-refractivity contribution is 0.305. The van der Waals surface area contributed by atoms with Gasteiger partial charge in [-0.2, -0.15) is 5.10 Å². The van der Waals surface area contributed by atoms with Crippen molar-refractivity contribution in [1.82, 2.24) is 24.7 Å². The fourth-order valence-electron chi connectivity index (χ4n) is 4.16. The number of ether oxygens (including phenoxy) is 1. The maximum absolute atomic E-state index is 14.8. The summed E-state index contributed by atoms with van der Waals surface area (Å²) in [6.45, 7) is 2.15. The zero-order valence-corrected chi connectivity index (χ0v) is 20.1. The smallest absolute Gasteiger partial charge is 0.182 e. The summed E-state index contributed by atoms with van der Waals surface area (Å²) < 4.78 is 36.4. The molecule has 37 heavy (non-hydrogen) atoms. The van der Waals surface area contributed by atoms with E-state index in [0.29, 0.717) is 36.0 Å². The molecule has 10 heteroatoms. The van der Waals surface area contributed by atoms with E-state index in [4.69, 9.17) is 9.72 Å². The fraction of sp³-hybridized carbons (Fsp3) is 0.185. The molecule has 0 unspecified atom stereocenters. The van der Waals surface area contributed by atoms with Gasteiger partial charge in [-0.1, -0.05) is 18.2 Å². The summed E-state index contributed by atoms with van der Waals surface area (Å²) in [5.41, 5.74) is 1.85. The number of para-hydroxylation sites is 1. The average Bonchev–Trinajstić information content (AvgIpc) is 3.29. The minimum absolute atomic E-state index is 0.0849. The van der Waals surface area contributed by atoms with Crippen molar-refractivity contribution in [2.24, 2.45) is 0 Å². The van der Waals surface area contributed by atoms with Gasteiger partial charge in [0.2, 0.25) is 0 Å². The van der Waals surface area contributed by atoms with Gasteiger partial charge < -0.3 is 14.7 Å². The molecule has 188 valence electrons. The van der Waals surface area contributed by atoms with Gasteiger partial charge in [-0.15, -0.1) is 0 Å². The van der Waals surface area contributed by atoms with Crippen molar-refractivity contribution in [3.05, 3.63) is 90.4 Å². The Morgan fingerprint density at radius 2 is 1.76 bits per heavy atom. The Morgan fingerprint density at radius 3 is 2.49 bits per heavy atom. The molecule has 0 aliphatic carbocycles. The van der Waals surface area contributed by atoms with Crippen LogP contribution in [0.4, 0.5) is 20.3 Å². The van der Waals surface area contributed by atoms with Crippen LogP contribution >= 0.6 is 0 Å². The maximum Gasteiger partial charge on any atom is 0.182 e. The Hall–Kier alpha value is -4.44. The third kappa shape index (κ3) is 4.96. The number of aromatic nitrogens is 5. The van der Waals surface area contributed by atoms with Crippen LogP contribution in [0.3, 0.4) is 0 Å². The number of aliphatic hydroxyl groups excluding tert-OH is 1. The molecule has 3 heterocycles. The van der Waals surface area contributed by atoms with Gasteiger partial charge in [0.15, 0.2) is 5.82 Å². The van der Waals surface area contributed by atoms with E-state index in [0.717, 1.165) is 11.1 Å². The second-order valence-corrected chi connectivity index (χ2v) is 8.14. The van der Waals surface area contributed by atoms with Crippen LogP contribution in [0.5, 0.6) is 5.75 Å². The second kappa shape index (κ2) is 10.7. The largest absolute Gasteiger partial charge is 0.494 e.